The first kappa shape index (κ1) is 19.2. The van der Waals surface area contributed by atoms with Gasteiger partial charge in [0.15, 0.2) is 0 Å². The number of para-hydroxylation sites is 1. The zero-order valence-electron chi connectivity index (χ0n) is 16.5. The fourth-order valence-electron chi connectivity index (χ4n) is 3.72. The number of urea groups is 1. The van der Waals surface area contributed by atoms with Crippen LogP contribution >= 0.6 is 0 Å². The molecule has 30 heavy (non-hydrogen) atoms. The van der Waals surface area contributed by atoms with E-state index in [1.165, 1.54) is 6.08 Å². The Morgan fingerprint density at radius 1 is 1.07 bits per heavy atom. The summed E-state index contributed by atoms with van der Waals surface area (Å²) in [5.41, 5.74) is 3.49. The van der Waals surface area contributed by atoms with E-state index >= 15 is 0 Å². The number of nitriles is 1. The number of benzene rings is 2. The number of aromatic nitrogens is 1. The second-order valence-electron chi connectivity index (χ2n) is 7.19. The lowest BCUT2D eigenvalue weighted by Gasteiger charge is -2.26. The van der Waals surface area contributed by atoms with Gasteiger partial charge in [-0.2, -0.15) is 5.26 Å². The van der Waals surface area contributed by atoms with Crippen LogP contribution in [-0.2, 0) is 16.1 Å². The van der Waals surface area contributed by atoms with Crippen molar-refractivity contribution in [3.8, 4) is 6.07 Å². The maximum atomic E-state index is 13.2. The van der Waals surface area contributed by atoms with E-state index in [9.17, 15) is 14.4 Å². The molecule has 0 unspecified atom stereocenters. The van der Waals surface area contributed by atoms with Gasteiger partial charge in [0, 0.05) is 22.7 Å². The minimum absolute atomic E-state index is 0.136. The van der Waals surface area contributed by atoms with E-state index in [4.69, 9.17) is 5.26 Å². The van der Waals surface area contributed by atoms with E-state index in [2.05, 4.69) is 11.4 Å². The molecule has 4 rings (SSSR count). The summed E-state index contributed by atoms with van der Waals surface area (Å²) in [4.78, 5) is 39.1. The van der Waals surface area contributed by atoms with Gasteiger partial charge in [-0.25, -0.2) is 9.69 Å². The molecule has 1 aromatic heterocycles. The van der Waals surface area contributed by atoms with Gasteiger partial charge in [-0.1, -0.05) is 24.3 Å². The lowest BCUT2D eigenvalue weighted by molar-refractivity contribution is -0.122. The molecule has 7 nitrogen and oxygen atoms in total. The van der Waals surface area contributed by atoms with Crippen LogP contribution < -0.4 is 10.2 Å². The number of hydrogen-bond acceptors (Lipinski definition) is 4. The summed E-state index contributed by atoms with van der Waals surface area (Å²) in [6.45, 7) is 3.88. The Labute approximate surface area is 172 Å². The number of amides is 4. The first-order valence-corrected chi connectivity index (χ1v) is 9.33. The fourth-order valence-corrected chi connectivity index (χ4v) is 3.72. The SMILES string of the molecule is Cc1cc(C)cc(N2C(=O)NC(=O)/C(=C\c3cn(CC#N)c4ccccc34)C2=O)c1. The molecule has 1 N–H and O–H groups in total. The molecule has 1 aliphatic heterocycles. The molecule has 3 aromatic rings. The van der Waals surface area contributed by atoms with E-state index in [1.807, 2.05) is 44.2 Å². The maximum Gasteiger partial charge on any atom is 0.335 e. The van der Waals surface area contributed by atoms with Crippen LogP contribution in [0.15, 0.2) is 54.2 Å². The van der Waals surface area contributed by atoms with Gasteiger partial charge in [0.05, 0.1) is 11.8 Å². The second kappa shape index (κ2) is 7.33. The predicted octanol–water partition coefficient (Wildman–Crippen LogP) is 3.45. The first-order chi connectivity index (χ1) is 14.4. The highest BCUT2D eigenvalue weighted by Crippen LogP contribution is 2.27. The summed E-state index contributed by atoms with van der Waals surface area (Å²) in [5.74, 6) is -1.44. The largest absolute Gasteiger partial charge is 0.335 e. The first-order valence-electron chi connectivity index (χ1n) is 9.33. The summed E-state index contributed by atoms with van der Waals surface area (Å²) in [7, 11) is 0. The van der Waals surface area contributed by atoms with Crippen LogP contribution in [0.5, 0.6) is 0 Å². The van der Waals surface area contributed by atoms with Crippen molar-refractivity contribution in [1.82, 2.24) is 9.88 Å². The number of barbiturate groups is 1. The molecule has 7 heteroatoms. The Bertz CT molecular complexity index is 1270. The lowest BCUT2D eigenvalue weighted by atomic mass is 10.0. The Morgan fingerprint density at radius 2 is 1.77 bits per heavy atom. The molecule has 0 spiro atoms. The van der Waals surface area contributed by atoms with Crippen molar-refractivity contribution in [2.45, 2.75) is 20.4 Å². The van der Waals surface area contributed by atoms with Gasteiger partial charge in [0.25, 0.3) is 11.8 Å². The lowest BCUT2D eigenvalue weighted by Crippen LogP contribution is -2.54. The Morgan fingerprint density at radius 3 is 2.47 bits per heavy atom. The van der Waals surface area contributed by atoms with Gasteiger partial charge >= 0.3 is 6.03 Å². The zero-order valence-corrected chi connectivity index (χ0v) is 16.5. The number of carbonyl (C=O) groups is 3. The second-order valence-corrected chi connectivity index (χ2v) is 7.19. The molecule has 0 bridgehead atoms. The molecule has 1 saturated heterocycles. The standard InChI is InChI=1S/C23H18N4O3/c1-14-9-15(2)11-17(10-14)27-22(29)19(21(28)25-23(27)30)12-16-13-26(8-7-24)20-6-4-3-5-18(16)20/h3-6,9-13H,8H2,1-2H3,(H,25,28,30)/b19-12+. The number of hydrogen-bond donors (Lipinski definition) is 1. The van der Waals surface area contributed by atoms with Crippen molar-refractivity contribution in [3.05, 3.63) is 70.9 Å². The predicted molar refractivity (Wildman–Crippen MR) is 112 cm³/mol. The van der Waals surface area contributed by atoms with Gasteiger partial charge in [-0.15, -0.1) is 0 Å². The van der Waals surface area contributed by atoms with E-state index in [0.29, 0.717) is 11.3 Å². The van der Waals surface area contributed by atoms with Crippen molar-refractivity contribution in [1.29, 1.82) is 5.26 Å². The molecular formula is C23H18N4O3. The molecule has 2 heterocycles. The number of anilines is 1. The average Bonchev–Trinajstić information content (AvgIpc) is 3.02. The zero-order chi connectivity index (χ0) is 21.4. The molecule has 2 aromatic carbocycles. The minimum Gasteiger partial charge on any atom is -0.333 e. The average molecular weight is 398 g/mol. The highest BCUT2D eigenvalue weighted by atomic mass is 16.2. The van der Waals surface area contributed by atoms with Crippen molar-refractivity contribution in [2.24, 2.45) is 0 Å². The van der Waals surface area contributed by atoms with Crippen LogP contribution in [0.2, 0.25) is 0 Å². The van der Waals surface area contributed by atoms with Crippen molar-refractivity contribution < 1.29 is 14.4 Å². The molecule has 0 aliphatic carbocycles. The third-order valence-electron chi connectivity index (χ3n) is 4.93. The van der Waals surface area contributed by atoms with E-state index < -0.39 is 17.8 Å². The summed E-state index contributed by atoms with van der Waals surface area (Å²) in [5, 5.41) is 12.1. The van der Waals surface area contributed by atoms with E-state index in [0.717, 1.165) is 26.9 Å². The molecule has 0 radical (unpaired) electrons. The highest BCUT2D eigenvalue weighted by Gasteiger charge is 2.37. The van der Waals surface area contributed by atoms with Crippen molar-refractivity contribution in [3.63, 3.8) is 0 Å². The number of nitrogens with one attached hydrogen (secondary N) is 1. The smallest absolute Gasteiger partial charge is 0.333 e. The van der Waals surface area contributed by atoms with Crippen LogP contribution in [0.3, 0.4) is 0 Å². The normalized spacial score (nSPS) is 15.6. The maximum absolute atomic E-state index is 13.2. The number of carbonyl (C=O) groups excluding carboxylic acids is 3. The van der Waals surface area contributed by atoms with Gasteiger partial charge in [0.2, 0.25) is 0 Å². The van der Waals surface area contributed by atoms with Crippen LogP contribution in [-0.4, -0.2) is 22.4 Å². The molecule has 1 fully saturated rings. The Balaban J connectivity index is 1.82. The van der Waals surface area contributed by atoms with Crippen LogP contribution in [0, 0.1) is 25.2 Å². The molecular weight excluding hydrogens is 380 g/mol. The molecule has 148 valence electrons. The van der Waals surface area contributed by atoms with Crippen LogP contribution in [0.1, 0.15) is 16.7 Å². The van der Waals surface area contributed by atoms with Crippen LogP contribution in [0.4, 0.5) is 10.5 Å². The third kappa shape index (κ3) is 3.25. The van der Waals surface area contributed by atoms with Gasteiger partial charge < -0.3 is 4.57 Å². The summed E-state index contributed by atoms with van der Waals surface area (Å²) >= 11 is 0. The monoisotopic (exact) mass is 398 g/mol. The summed E-state index contributed by atoms with van der Waals surface area (Å²) in [6.07, 6.45) is 3.19. The number of nitrogens with zero attached hydrogens (tertiary/aromatic N) is 3. The van der Waals surface area contributed by atoms with Crippen molar-refractivity contribution in [2.75, 3.05) is 4.90 Å². The number of fused-ring (bicyclic) bond motifs is 1. The quantitative estimate of drug-likeness (QED) is 0.540. The highest BCUT2D eigenvalue weighted by molar-refractivity contribution is 6.39. The number of rotatable bonds is 3. The molecule has 1 aliphatic rings. The van der Waals surface area contributed by atoms with E-state index in [1.54, 1.807) is 22.9 Å². The van der Waals surface area contributed by atoms with Gasteiger partial charge in [-0.3, -0.25) is 14.9 Å². The molecule has 0 atom stereocenters. The fraction of sp³-hybridized carbons (Fsp3) is 0.130. The summed E-state index contributed by atoms with van der Waals surface area (Å²) in [6, 6.07) is 14.1. The van der Waals surface area contributed by atoms with Gasteiger partial charge in [-0.05, 0) is 49.2 Å². The Hall–Kier alpha value is -4.18. The topological polar surface area (TPSA) is 95.2 Å². The van der Waals surface area contributed by atoms with E-state index in [-0.39, 0.29) is 12.1 Å². The van der Waals surface area contributed by atoms with Crippen molar-refractivity contribution >= 4 is 40.5 Å². The molecule has 4 amide bonds. The minimum atomic E-state index is -0.779. The summed E-state index contributed by atoms with van der Waals surface area (Å²) < 4.78 is 1.75. The van der Waals surface area contributed by atoms with Crippen LogP contribution in [0.25, 0.3) is 17.0 Å². The Kier molecular flexibility index (Phi) is 4.68. The number of imide groups is 2. The number of aryl methyl sites for hydroxylation is 2. The van der Waals surface area contributed by atoms with Gasteiger partial charge in [0.1, 0.15) is 12.1 Å². The third-order valence-corrected chi connectivity index (χ3v) is 4.93. The molecule has 0 saturated carbocycles.